The number of hydrogen-bond donors (Lipinski definition) is 0. The highest BCUT2D eigenvalue weighted by Crippen LogP contribution is 2.29. The summed E-state index contributed by atoms with van der Waals surface area (Å²) in [4.78, 5) is 25.8. The smallest absolute Gasteiger partial charge is 0.434 e. The maximum atomic E-state index is 12.7. The number of ether oxygens (including phenoxy) is 1. The van der Waals surface area contributed by atoms with E-state index in [1.165, 1.54) is 25.4 Å². The Morgan fingerprint density at radius 1 is 1.42 bits per heavy atom. The van der Waals surface area contributed by atoms with E-state index in [2.05, 4.69) is 4.98 Å². The summed E-state index contributed by atoms with van der Waals surface area (Å²) in [6, 6.07) is 2.54. The zero-order chi connectivity index (χ0) is 14.2. The maximum absolute atomic E-state index is 12.7. The summed E-state index contributed by atoms with van der Waals surface area (Å²) in [5.41, 5.74) is -3.84. The molecule has 0 aromatic carbocycles. The molecule has 0 fully saturated rings. The van der Waals surface area contributed by atoms with Crippen molar-refractivity contribution < 1.29 is 22.7 Å². The number of nitrogens with zero attached hydrogens (tertiary/aromatic N) is 2. The highest BCUT2D eigenvalue weighted by atomic mass is 19.4. The standard InChI is InChI=1S/C11H7F3N2O3/c1-19-6-2-3-16-8(4-6)15-9(11(12,13)14)7(5-17)10(16)18/h2-5H,1H3. The summed E-state index contributed by atoms with van der Waals surface area (Å²) >= 11 is 0. The third kappa shape index (κ3) is 2.16. The SMILES string of the molecule is COc1ccn2c(=O)c(C=O)c(C(F)(F)F)nc2c1. The molecule has 0 atom stereocenters. The van der Waals surface area contributed by atoms with Crippen LogP contribution in [-0.2, 0) is 6.18 Å². The van der Waals surface area contributed by atoms with Gasteiger partial charge in [0.1, 0.15) is 17.0 Å². The molecular weight excluding hydrogens is 265 g/mol. The number of hydrogen-bond acceptors (Lipinski definition) is 4. The van der Waals surface area contributed by atoms with Crippen LogP contribution in [0.1, 0.15) is 16.1 Å². The number of rotatable bonds is 2. The van der Waals surface area contributed by atoms with E-state index in [0.717, 1.165) is 4.40 Å². The van der Waals surface area contributed by atoms with Gasteiger partial charge in [0.2, 0.25) is 0 Å². The van der Waals surface area contributed by atoms with E-state index in [1.54, 1.807) is 0 Å². The molecule has 2 rings (SSSR count). The van der Waals surface area contributed by atoms with Crippen LogP contribution < -0.4 is 10.3 Å². The minimum absolute atomic E-state index is 0.144. The molecule has 0 saturated carbocycles. The molecule has 0 aliphatic rings. The van der Waals surface area contributed by atoms with Gasteiger partial charge in [-0.1, -0.05) is 0 Å². The summed E-state index contributed by atoms with van der Waals surface area (Å²) in [5.74, 6) is 0.249. The van der Waals surface area contributed by atoms with E-state index in [0.29, 0.717) is 0 Å². The molecule has 8 heteroatoms. The van der Waals surface area contributed by atoms with Crippen molar-refractivity contribution in [3.8, 4) is 5.75 Å². The highest BCUT2D eigenvalue weighted by Gasteiger charge is 2.37. The van der Waals surface area contributed by atoms with Gasteiger partial charge in [0.05, 0.1) is 7.11 Å². The van der Waals surface area contributed by atoms with Gasteiger partial charge in [-0.25, -0.2) is 4.98 Å². The molecular formula is C11H7F3N2O3. The van der Waals surface area contributed by atoms with Gasteiger partial charge < -0.3 is 4.74 Å². The molecule has 0 aliphatic heterocycles. The van der Waals surface area contributed by atoms with Crippen molar-refractivity contribution in [2.75, 3.05) is 7.11 Å². The van der Waals surface area contributed by atoms with Crippen LogP contribution in [0.4, 0.5) is 13.2 Å². The monoisotopic (exact) mass is 272 g/mol. The lowest BCUT2D eigenvalue weighted by Crippen LogP contribution is -2.26. The second-order valence-electron chi connectivity index (χ2n) is 3.59. The number of halogens is 3. The van der Waals surface area contributed by atoms with E-state index in [9.17, 15) is 22.8 Å². The second-order valence-corrected chi connectivity index (χ2v) is 3.59. The number of fused-ring (bicyclic) bond motifs is 1. The molecule has 0 aliphatic carbocycles. The minimum Gasteiger partial charge on any atom is -0.497 e. The first kappa shape index (κ1) is 13.1. The molecule has 0 unspecified atom stereocenters. The van der Waals surface area contributed by atoms with Crippen LogP contribution in [-0.4, -0.2) is 22.8 Å². The summed E-state index contributed by atoms with van der Waals surface area (Å²) in [6.45, 7) is 0. The Morgan fingerprint density at radius 3 is 2.63 bits per heavy atom. The van der Waals surface area contributed by atoms with E-state index >= 15 is 0 Å². The van der Waals surface area contributed by atoms with Crippen molar-refractivity contribution in [3.63, 3.8) is 0 Å². The predicted molar refractivity (Wildman–Crippen MR) is 58.4 cm³/mol. The van der Waals surface area contributed by atoms with Crippen molar-refractivity contribution >= 4 is 11.9 Å². The van der Waals surface area contributed by atoms with Crippen LogP contribution in [0.25, 0.3) is 5.65 Å². The molecule has 0 spiro atoms. The lowest BCUT2D eigenvalue weighted by molar-refractivity contribution is -0.141. The minimum atomic E-state index is -4.88. The molecule has 5 nitrogen and oxygen atoms in total. The normalized spacial score (nSPS) is 11.6. The third-order valence-electron chi connectivity index (χ3n) is 2.46. The third-order valence-corrected chi connectivity index (χ3v) is 2.46. The Labute approximate surface area is 104 Å². The van der Waals surface area contributed by atoms with Gasteiger partial charge in [-0.05, 0) is 6.07 Å². The number of carbonyl (C=O) groups excluding carboxylic acids is 1. The predicted octanol–water partition coefficient (Wildman–Crippen LogP) is 1.53. The van der Waals surface area contributed by atoms with Crippen LogP contribution in [0.2, 0.25) is 0 Å². The van der Waals surface area contributed by atoms with Crippen molar-refractivity contribution in [1.82, 2.24) is 9.38 Å². The highest BCUT2D eigenvalue weighted by molar-refractivity contribution is 5.76. The molecule has 0 bridgehead atoms. The fraction of sp³-hybridized carbons (Fsp3) is 0.182. The van der Waals surface area contributed by atoms with Crippen molar-refractivity contribution in [3.05, 3.63) is 39.9 Å². The Balaban J connectivity index is 2.90. The number of methoxy groups -OCH3 is 1. The van der Waals surface area contributed by atoms with Crippen molar-refractivity contribution in [2.24, 2.45) is 0 Å². The van der Waals surface area contributed by atoms with Crippen LogP contribution in [0.3, 0.4) is 0 Å². The lowest BCUT2D eigenvalue weighted by Gasteiger charge is -2.10. The first-order chi connectivity index (χ1) is 8.88. The number of alkyl halides is 3. The maximum Gasteiger partial charge on any atom is 0.434 e. The van der Waals surface area contributed by atoms with Gasteiger partial charge in [0, 0.05) is 12.3 Å². The Morgan fingerprint density at radius 2 is 2.11 bits per heavy atom. The molecule has 0 radical (unpaired) electrons. The molecule has 0 amide bonds. The molecule has 0 N–H and O–H groups in total. The molecule has 100 valence electrons. The van der Waals surface area contributed by atoms with Crippen LogP contribution in [0.5, 0.6) is 5.75 Å². The number of aromatic nitrogens is 2. The molecule has 2 aromatic rings. The fourth-order valence-electron chi connectivity index (χ4n) is 1.58. The van der Waals surface area contributed by atoms with E-state index < -0.39 is 23.0 Å². The van der Waals surface area contributed by atoms with E-state index in [1.807, 2.05) is 0 Å². The first-order valence-corrected chi connectivity index (χ1v) is 5.01. The van der Waals surface area contributed by atoms with Gasteiger partial charge in [-0.2, -0.15) is 13.2 Å². The van der Waals surface area contributed by atoms with Gasteiger partial charge in [0.15, 0.2) is 12.0 Å². The first-order valence-electron chi connectivity index (χ1n) is 5.01. The fourth-order valence-corrected chi connectivity index (χ4v) is 1.58. The summed E-state index contributed by atoms with van der Waals surface area (Å²) < 4.78 is 43.9. The van der Waals surface area contributed by atoms with Crippen molar-refractivity contribution in [1.29, 1.82) is 0 Å². The van der Waals surface area contributed by atoms with Gasteiger partial charge in [-0.15, -0.1) is 0 Å². The van der Waals surface area contributed by atoms with E-state index in [4.69, 9.17) is 4.74 Å². The van der Waals surface area contributed by atoms with Crippen molar-refractivity contribution in [2.45, 2.75) is 6.18 Å². The number of aldehydes is 1. The van der Waals surface area contributed by atoms with Gasteiger partial charge >= 0.3 is 6.18 Å². The van der Waals surface area contributed by atoms with Crippen LogP contribution >= 0.6 is 0 Å². The van der Waals surface area contributed by atoms with Gasteiger partial charge in [-0.3, -0.25) is 14.0 Å². The quantitative estimate of drug-likeness (QED) is 0.778. The molecule has 2 aromatic heterocycles. The second kappa shape index (κ2) is 4.38. The average molecular weight is 272 g/mol. The summed E-state index contributed by atoms with van der Waals surface area (Å²) in [7, 11) is 1.33. The lowest BCUT2D eigenvalue weighted by atomic mass is 10.2. The molecule has 0 saturated heterocycles. The molecule has 2 heterocycles. The topological polar surface area (TPSA) is 60.7 Å². The Hall–Kier alpha value is -2.38. The largest absolute Gasteiger partial charge is 0.497 e. The Kier molecular flexibility index (Phi) is 3.01. The Bertz CT molecular complexity index is 707. The zero-order valence-electron chi connectivity index (χ0n) is 9.56. The van der Waals surface area contributed by atoms with Crippen LogP contribution in [0, 0.1) is 0 Å². The number of carbonyl (C=O) groups is 1. The van der Waals surface area contributed by atoms with E-state index in [-0.39, 0.29) is 17.7 Å². The summed E-state index contributed by atoms with van der Waals surface area (Å²) in [6.07, 6.45) is -3.83. The zero-order valence-corrected chi connectivity index (χ0v) is 9.56. The average Bonchev–Trinajstić information content (AvgIpc) is 2.36. The molecule has 19 heavy (non-hydrogen) atoms. The summed E-state index contributed by atoms with van der Waals surface area (Å²) in [5, 5.41) is 0. The van der Waals surface area contributed by atoms with Crippen LogP contribution in [0.15, 0.2) is 23.1 Å². The number of pyridine rings is 1. The van der Waals surface area contributed by atoms with Gasteiger partial charge in [0.25, 0.3) is 5.56 Å².